The van der Waals surface area contributed by atoms with Crippen molar-refractivity contribution >= 4 is 11.6 Å². The topological polar surface area (TPSA) is 53.6 Å². The number of nitrogens with two attached hydrogens (primary N) is 1. The summed E-state index contributed by atoms with van der Waals surface area (Å²) in [7, 11) is 1.44. The summed E-state index contributed by atoms with van der Waals surface area (Å²) >= 11 is 0. The lowest BCUT2D eigenvalue weighted by molar-refractivity contribution is -0.143. The Kier molecular flexibility index (Phi) is 7.17. The van der Waals surface area contributed by atoms with Crippen molar-refractivity contribution in [1.82, 2.24) is 4.90 Å². The smallest absolute Gasteiger partial charge is 0.370 e. The lowest BCUT2D eigenvalue weighted by Crippen LogP contribution is -2.32. The molecule has 0 unspecified atom stereocenters. The van der Waals surface area contributed by atoms with Crippen molar-refractivity contribution in [3.05, 3.63) is 29.8 Å². The molecule has 4 nitrogen and oxygen atoms in total. The first-order valence-corrected chi connectivity index (χ1v) is 7.21. The van der Waals surface area contributed by atoms with Gasteiger partial charge in [-0.1, -0.05) is 19.1 Å². The van der Waals surface area contributed by atoms with Crippen LogP contribution in [0.5, 0.6) is 0 Å². The highest BCUT2D eigenvalue weighted by molar-refractivity contribution is 5.92. The van der Waals surface area contributed by atoms with Crippen molar-refractivity contribution in [3.8, 4) is 0 Å². The van der Waals surface area contributed by atoms with Crippen molar-refractivity contribution in [2.45, 2.75) is 25.9 Å². The lowest BCUT2D eigenvalue weighted by atomic mass is 10.1. The van der Waals surface area contributed by atoms with Crippen LogP contribution in [0.2, 0.25) is 0 Å². The molecule has 1 aromatic rings. The normalized spacial score (nSPS) is 12.7. The zero-order valence-electron chi connectivity index (χ0n) is 13.0. The highest BCUT2D eigenvalue weighted by Gasteiger charge is 2.28. The van der Waals surface area contributed by atoms with Crippen LogP contribution in [0.15, 0.2) is 29.3 Å². The van der Waals surface area contributed by atoms with Crippen LogP contribution in [0.4, 0.5) is 18.9 Å². The molecule has 1 aromatic carbocycles. The maximum Gasteiger partial charge on any atom is 0.401 e. The van der Waals surface area contributed by atoms with Crippen LogP contribution in [0, 0.1) is 0 Å². The fourth-order valence-electron chi connectivity index (χ4n) is 1.94. The van der Waals surface area contributed by atoms with Gasteiger partial charge in [-0.25, -0.2) is 0 Å². The number of rotatable bonds is 7. The third-order valence-corrected chi connectivity index (χ3v) is 3.06. The van der Waals surface area contributed by atoms with E-state index in [0.717, 1.165) is 12.1 Å². The Morgan fingerprint density at radius 1 is 1.27 bits per heavy atom. The van der Waals surface area contributed by atoms with E-state index in [1.165, 1.54) is 17.5 Å². The van der Waals surface area contributed by atoms with Gasteiger partial charge in [0.2, 0.25) is 0 Å². The van der Waals surface area contributed by atoms with Crippen LogP contribution < -0.4 is 11.1 Å². The van der Waals surface area contributed by atoms with Gasteiger partial charge in [-0.3, -0.25) is 9.89 Å². The zero-order valence-corrected chi connectivity index (χ0v) is 13.0. The van der Waals surface area contributed by atoms with E-state index >= 15 is 0 Å². The highest BCUT2D eigenvalue weighted by Crippen LogP contribution is 2.15. The Morgan fingerprint density at radius 3 is 2.45 bits per heavy atom. The Bertz CT molecular complexity index is 469. The summed E-state index contributed by atoms with van der Waals surface area (Å²) in [6.07, 6.45) is -2.68. The van der Waals surface area contributed by atoms with Crippen molar-refractivity contribution in [2.75, 3.05) is 32.0 Å². The first-order chi connectivity index (χ1) is 10.3. The van der Waals surface area contributed by atoms with E-state index in [1.807, 2.05) is 24.3 Å². The molecule has 7 heteroatoms. The van der Waals surface area contributed by atoms with E-state index in [4.69, 9.17) is 5.73 Å². The minimum Gasteiger partial charge on any atom is -0.370 e. The molecule has 0 saturated heterocycles. The number of nitrogens with one attached hydrogen (secondary N) is 1. The van der Waals surface area contributed by atoms with Gasteiger partial charge in [-0.05, 0) is 44.1 Å². The number of aliphatic imine (C=N–C) groups is 1. The minimum absolute atomic E-state index is 0.266. The Morgan fingerprint density at radius 2 is 1.91 bits per heavy atom. The molecule has 0 saturated carbocycles. The summed E-state index contributed by atoms with van der Waals surface area (Å²) in [6, 6.07) is 7.83. The van der Waals surface area contributed by atoms with Crippen LogP contribution in [-0.2, 0) is 6.42 Å². The first kappa shape index (κ1) is 18.3. The van der Waals surface area contributed by atoms with Crippen molar-refractivity contribution in [1.29, 1.82) is 0 Å². The Balaban J connectivity index is 2.30. The van der Waals surface area contributed by atoms with Gasteiger partial charge in [0.05, 0.1) is 6.54 Å². The Hall–Kier alpha value is -1.76. The van der Waals surface area contributed by atoms with E-state index in [2.05, 4.69) is 17.2 Å². The summed E-state index contributed by atoms with van der Waals surface area (Å²) < 4.78 is 36.4. The number of hydrogen-bond acceptors (Lipinski definition) is 2. The summed E-state index contributed by atoms with van der Waals surface area (Å²) in [4.78, 5) is 5.33. The number of aryl methyl sites for hydroxylation is 1. The molecule has 3 N–H and O–H groups in total. The fourth-order valence-corrected chi connectivity index (χ4v) is 1.94. The summed E-state index contributed by atoms with van der Waals surface area (Å²) in [5.41, 5.74) is 7.81. The van der Waals surface area contributed by atoms with Crippen LogP contribution in [0.1, 0.15) is 18.9 Å². The molecule has 0 amide bonds. The number of halogens is 3. The maximum absolute atomic E-state index is 12.1. The van der Waals surface area contributed by atoms with Crippen molar-refractivity contribution in [2.24, 2.45) is 10.7 Å². The molecule has 0 fully saturated rings. The predicted molar refractivity (Wildman–Crippen MR) is 84.1 cm³/mol. The standard InChI is InChI=1S/C15H23F3N4/c1-3-12-5-7-13(8-6-12)21-14(19)20-9-4-10-22(2)11-15(16,17)18/h5-8H,3-4,9-11H2,1-2H3,(H3,19,20,21). The van der Waals surface area contributed by atoms with Gasteiger partial charge in [0.1, 0.15) is 0 Å². The van der Waals surface area contributed by atoms with Gasteiger partial charge in [0, 0.05) is 12.2 Å². The first-order valence-electron chi connectivity index (χ1n) is 7.21. The van der Waals surface area contributed by atoms with Gasteiger partial charge in [0.25, 0.3) is 0 Å². The van der Waals surface area contributed by atoms with Crippen molar-refractivity contribution < 1.29 is 13.2 Å². The number of nitrogens with zero attached hydrogens (tertiary/aromatic N) is 2. The maximum atomic E-state index is 12.1. The van der Waals surface area contributed by atoms with Gasteiger partial charge >= 0.3 is 6.18 Å². The third kappa shape index (κ3) is 7.87. The summed E-state index contributed by atoms with van der Waals surface area (Å²) in [5.74, 6) is 0.266. The molecule has 124 valence electrons. The largest absolute Gasteiger partial charge is 0.401 e. The molecule has 0 aromatic heterocycles. The molecule has 0 aliphatic carbocycles. The Labute approximate surface area is 129 Å². The molecule has 0 aliphatic heterocycles. The molecule has 0 spiro atoms. The molecule has 0 heterocycles. The second kappa shape index (κ2) is 8.63. The summed E-state index contributed by atoms with van der Waals surface area (Å²) in [6.45, 7) is 1.87. The third-order valence-electron chi connectivity index (χ3n) is 3.06. The van der Waals surface area contributed by atoms with Gasteiger partial charge in [0.15, 0.2) is 5.96 Å². The van der Waals surface area contributed by atoms with E-state index in [0.29, 0.717) is 19.5 Å². The number of benzene rings is 1. The quantitative estimate of drug-likeness (QED) is 0.462. The number of hydrogen-bond donors (Lipinski definition) is 2. The number of alkyl halides is 3. The molecule has 0 atom stereocenters. The van der Waals surface area contributed by atoms with Crippen LogP contribution in [-0.4, -0.2) is 43.7 Å². The van der Waals surface area contributed by atoms with Gasteiger partial charge < -0.3 is 11.1 Å². The summed E-state index contributed by atoms with van der Waals surface area (Å²) in [5, 5.41) is 2.95. The molecule has 1 rings (SSSR count). The monoisotopic (exact) mass is 316 g/mol. The van der Waals surface area contributed by atoms with E-state index in [1.54, 1.807) is 0 Å². The van der Waals surface area contributed by atoms with E-state index < -0.39 is 12.7 Å². The second-order valence-electron chi connectivity index (χ2n) is 5.15. The predicted octanol–water partition coefficient (Wildman–Crippen LogP) is 2.86. The molecular formula is C15H23F3N4. The number of anilines is 1. The van der Waals surface area contributed by atoms with Gasteiger partial charge in [-0.2, -0.15) is 13.2 Å². The molecule has 0 aliphatic rings. The zero-order chi connectivity index (χ0) is 16.6. The van der Waals surface area contributed by atoms with Gasteiger partial charge in [-0.15, -0.1) is 0 Å². The molecular weight excluding hydrogens is 293 g/mol. The number of guanidine groups is 1. The fraction of sp³-hybridized carbons (Fsp3) is 0.533. The van der Waals surface area contributed by atoms with Crippen LogP contribution in [0.3, 0.4) is 0 Å². The van der Waals surface area contributed by atoms with Crippen molar-refractivity contribution in [3.63, 3.8) is 0 Å². The van der Waals surface area contributed by atoms with Crippen LogP contribution in [0.25, 0.3) is 0 Å². The lowest BCUT2D eigenvalue weighted by Gasteiger charge is -2.17. The molecule has 0 radical (unpaired) electrons. The second-order valence-corrected chi connectivity index (χ2v) is 5.15. The van der Waals surface area contributed by atoms with E-state index in [9.17, 15) is 13.2 Å². The highest BCUT2D eigenvalue weighted by atomic mass is 19.4. The minimum atomic E-state index is -4.16. The SMILES string of the molecule is CCc1ccc(NC(N)=NCCCN(C)CC(F)(F)F)cc1. The van der Waals surface area contributed by atoms with E-state index in [-0.39, 0.29) is 5.96 Å². The molecule has 0 bridgehead atoms. The molecule has 22 heavy (non-hydrogen) atoms. The average molecular weight is 316 g/mol. The average Bonchev–Trinajstić information content (AvgIpc) is 2.42. The van der Waals surface area contributed by atoms with Crippen LogP contribution >= 0.6 is 0 Å².